The van der Waals surface area contributed by atoms with E-state index >= 15 is 0 Å². The van der Waals surface area contributed by atoms with Crippen LogP contribution in [-0.4, -0.2) is 16.1 Å². The minimum Gasteiger partial charge on any atom is -0.309 e. The van der Waals surface area contributed by atoms with Crippen LogP contribution in [0.25, 0.3) is 32.3 Å². The summed E-state index contributed by atoms with van der Waals surface area (Å²) in [7, 11) is -3.02. The van der Waals surface area contributed by atoms with Gasteiger partial charge in [-0.15, -0.1) is 0 Å². The van der Waals surface area contributed by atoms with Crippen molar-refractivity contribution in [1.82, 2.24) is 0 Å². The highest BCUT2D eigenvalue weighted by atomic mass is 28.3. The van der Waals surface area contributed by atoms with Crippen LogP contribution in [0.1, 0.15) is 79.0 Å². The number of anilines is 6. The lowest BCUT2D eigenvalue weighted by atomic mass is 9.70. The first-order chi connectivity index (χ1) is 29.3. The third kappa shape index (κ3) is 6.89. The lowest BCUT2D eigenvalue weighted by Gasteiger charge is -2.38. The van der Waals surface area contributed by atoms with Gasteiger partial charge in [0, 0.05) is 27.5 Å². The number of benzene rings is 8. The molecule has 0 radical (unpaired) electrons. The molecule has 2 nitrogen and oxygen atoms in total. The zero-order chi connectivity index (χ0) is 44.2. The van der Waals surface area contributed by atoms with Crippen LogP contribution < -0.4 is 20.2 Å². The van der Waals surface area contributed by atoms with Gasteiger partial charge in [-0.1, -0.05) is 150 Å². The molecule has 0 bridgehead atoms. The molecule has 0 aromatic heterocycles. The van der Waals surface area contributed by atoms with Crippen LogP contribution in [0.2, 0.25) is 39.3 Å². The summed E-state index contributed by atoms with van der Waals surface area (Å²) in [4.78, 5) is 5.22. The summed E-state index contributed by atoms with van der Waals surface area (Å²) < 4.78 is 0. The van der Waals surface area contributed by atoms with Crippen molar-refractivity contribution in [2.45, 2.75) is 119 Å². The molecule has 62 heavy (non-hydrogen) atoms. The summed E-state index contributed by atoms with van der Waals surface area (Å²) in [6.45, 7) is 33.5. The molecule has 4 heteroatoms. The van der Waals surface area contributed by atoms with E-state index in [1.54, 1.807) is 0 Å². The van der Waals surface area contributed by atoms with E-state index in [9.17, 15) is 0 Å². The second-order valence-electron chi connectivity index (χ2n) is 21.6. The molecule has 1 aliphatic rings. The molecule has 0 atom stereocenters. The minimum atomic E-state index is -1.51. The highest BCUT2D eigenvalue weighted by Gasteiger charge is 2.35. The lowest BCUT2D eigenvalue weighted by Crippen LogP contribution is -2.37. The Morgan fingerprint density at radius 2 is 0.952 bits per heavy atom. The summed E-state index contributed by atoms with van der Waals surface area (Å²) in [5.41, 5.74) is 17.0. The highest BCUT2D eigenvalue weighted by molar-refractivity contribution is 6.89. The fraction of sp³-hybridized carbons (Fsp3) is 0.310. The largest absolute Gasteiger partial charge is 0.309 e. The van der Waals surface area contributed by atoms with E-state index in [1.807, 2.05) is 0 Å². The van der Waals surface area contributed by atoms with Gasteiger partial charge in [-0.2, -0.15) is 0 Å². The van der Waals surface area contributed by atoms with Crippen molar-refractivity contribution >= 4 is 93.0 Å². The third-order valence-corrected chi connectivity index (χ3v) is 18.4. The van der Waals surface area contributed by atoms with Gasteiger partial charge < -0.3 is 9.80 Å². The topological polar surface area (TPSA) is 6.48 Å². The summed E-state index contributed by atoms with van der Waals surface area (Å²) in [5, 5.41) is 11.3. The highest BCUT2D eigenvalue weighted by Crippen LogP contribution is 2.55. The van der Waals surface area contributed by atoms with Gasteiger partial charge in [0.25, 0.3) is 0 Å². The number of aryl methyl sites for hydroxylation is 5. The zero-order valence-electron chi connectivity index (χ0n) is 39.9. The van der Waals surface area contributed by atoms with E-state index in [0.29, 0.717) is 5.92 Å². The molecule has 0 N–H and O–H groups in total. The predicted molar refractivity (Wildman–Crippen MR) is 280 cm³/mol. The average molecular weight is 847 g/mol. The van der Waals surface area contributed by atoms with E-state index in [1.165, 1.54) is 116 Å². The molecule has 0 fully saturated rings. The molecule has 0 saturated heterocycles. The van der Waals surface area contributed by atoms with Gasteiger partial charge in [-0.3, -0.25) is 0 Å². The van der Waals surface area contributed by atoms with Crippen molar-refractivity contribution in [2.24, 2.45) is 0 Å². The zero-order valence-corrected chi connectivity index (χ0v) is 41.9. The van der Waals surface area contributed by atoms with Crippen LogP contribution in [0.5, 0.6) is 0 Å². The summed E-state index contributed by atoms with van der Waals surface area (Å²) >= 11 is 0. The number of rotatable bonds is 9. The van der Waals surface area contributed by atoms with Crippen LogP contribution in [0, 0.1) is 27.7 Å². The number of hydrogen-bond acceptors (Lipinski definition) is 2. The molecule has 8 aromatic carbocycles. The first kappa shape index (κ1) is 42.2. The first-order valence-electron chi connectivity index (χ1n) is 23.0. The summed E-state index contributed by atoms with van der Waals surface area (Å²) in [6.07, 6.45) is 2.16. The van der Waals surface area contributed by atoms with Crippen LogP contribution >= 0.6 is 0 Å². The second-order valence-corrected chi connectivity index (χ2v) is 31.7. The Labute approximate surface area is 374 Å². The molecule has 0 aliphatic heterocycles. The number of nitrogens with zero attached hydrogens (tertiary/aromatic N) is 2. The Morgan fingerprint density at radius 3 is 1.40 bits per heavy atom. The molecule has 9 rings (SSSR count). The van der Waals surface area contributed by atoms with Gasteiger partial charge >= 0.3 is 0 Å². The van der Waals surface area contributed by atoms with Crippen molar-refractivity contribution in [3.05, 3.63) is 154 Å². The van der Waals surface area contributed by atoms with Crippen molar-refractivity contribution in [3.63, 3.8) is 0 Å². The molecular formula is C58H66N2Si2. The third-order valence-electron chi connectivity index (χ3n) is 14.2. The molecule has 316 valence electrons. The predicted octanol–water partition coefficient (Wildman–Crippen LogP) is 16.2. The van der Waals surface area contributed by atoms with Crippen molar-refractivity contribution in [3.8, 4) is 0 Å². The number of para-hydroxylation sites is 2. The normalized spacial score (nSPS) is 14.1. The molecule has 0 unspecified atom stereocenters. The first-order valence-corrected chi connectivity index (χ1v) is 30.0. The van der Waals surface area contributed by atoms with Gasteiger partial charge in [-0.25, -0.2) is 0 Å². The average Bonchev–Trinajstić information content (AvgIpc) is 3.21. The summed E-state index contributed by atoms with van der Waals surface area (Å²) in [5.74, 6) is 0.325. The minimum absolute atomic E-state index is 0.0106. The quantitative estimate of drug-likeness (QED) is 0.105. The van der Waals surface area contributed by atoms with Crippen LogP contribution in [-0.2, 0) is 11.8 Å². The maximum Gasteiger partial charge on any atom is 0.0775 e. The van der Waals surface area contributed by atoms with E-state index in [2.05, 4.69) is 220 Å². The van der Waals surface area contributed by atoms with Gasteiger partial charge in [0.1, 0.15) is 0 Å². The molecule has 0 heterocycles. The van der Waals surface area contributed by atoms with Crippen molar-refractivity contribution < 1.29 is 0 Å². The van der Waals surface area contributed by atoms with E-state index in [4.69, 9.17) is 0 Å². The van der Waals surface area contributed by atoms with Crippen LogP contribution in [0.15, 0.2) is 115 Å². The molecule has 0 spiro atoms. The Hall–Kier alpha value is -5.17. The standard InChI is InChI=1S/C58H66N2Si2/c1-36(2)48-35-52(60(57-39(5)19-16-20-40(57)6)43-23-27-45(28-24-43)62(12,13)14)49-34-50-53-41(31-32-58(50,7)8)33-51(47-30-29-46(48)54(49)55(47)53)59(56-37(3)17-15-18-38(56)4)42-21-25-44(26-22-42)61(9,10)11/h15-30,33-36H,31-32H2,1-14H3. The SMILES string of the molecule is Cc1cccc(C)c1N(c1ccc([Si](C)(C)C)cc1)c1cc(C(C)C)c2ccc3c(N(c4ccc([Si](C)(C)C)cc4)c4c(C)cccc4C)cc4c5c(cc1c2c35)C(C)(C)CC4. The Bertz CT molecular complexity index is 2970. The van der Waals surface area contributed by atoms with Gasteiger partial charge in [0.2, 0.25) is 0 Å². The van der Waals surface area contributed by atoms with E-state index in [0.717, 1.165) is 12.8 Å². The van der Waals surface area contributed by atoms with E-state index < -0.39 is 16.1 Å². The van der Waals surface area contributed by atoms with Crippen molar-refractivity contribution in [2.75, 3.05) is 9.80 Å². The van der Waals surface area contributed by atoms with E-state index in [-0.39, 0.29) is 5.41 Å². The second kappa shape index (κ2) is 15.0. The van der Waals surface area contributed by atoms with Gasteiger partial charge in [0.05, 0.1) is 38.9 Å². The molecule has 0 saturated carbocycles. The number of hydrogen-bond donors (Lipinski definition) is 0. The molecule has 8 aromatic rings. The van der Waals surface area contributed by atoms with Gasteiger partial charge in [-0.05, 0) is 149 Å². The molecule has 0 amide bonds. The van der Waals surface area contributed by atoms with Crippen molar-refractivity contribution in [1.29, 1.82) is 0 Å². The van der Waals surface area contributed by atoms with Crippen LogP contribution in [0.3, 0.4) is 0 Å². The fourth-order valence-electron chi connectivity index (χ4n) is 10.6. The Morgan fingerprint density at radius 1 is 0.500 bits per heavy atom. The smallest absolute Gasteiger partial charge is 0.0775 e. The monoisotopic (exact) mass is 846 g/mol. The Kier molecular flexibility index (Phi) is 10.2. The maximum atomic E-state index is 2.63. The maximum absolute atomic E-state index is 2.63. The molecular weight excluding hydrogens is 781 g/mol. The van der Waals surface area contributed by atoms with Gasteiger partial charge in [0.15, 0.2) is 0 Å². The molecule has 1 aliphatic carbocycles. The lowest BCUT2D eigenvalue weighted by molar-refractivity contribution is 0.475. The fourth-order valence-corrected chi connectivity index (χ4v) is 13.0. The van der Waals surface area contributed by atoms with Crippen LogP contribution in [0.4, 0.5) is 34.1 Å². The summed E-state index contributed by atoms with van der Waals surface area (Å²) in [6, 6.07) is 45.5. The Balaban J connectivity index is 1.45.